The summed E-state index contributed by atoms with van der Waals surface area (Å²) in [5, 5.41) is 4.78. The molecule has 3 heterocycles. The molecule has 0 radical (unpaired) electrons. The number of para-hydroxylation sites is 1. The maximum Gasteiger partial charge on any atom is 0.261 e. The van der Waals surface area contributed by atoms with Gasteiger partial charge in [0.05, 0.1) is 17.2 Å². The molecule has 27 heavy (non-hydrogen) atoms. The van der Waals surface area contributed by atoms with E-state index in [-0.39, 0.29) is 18.0 Å². The number of carbonyl (C=O) groups excluding carboxylic acids is 1. The molecular formula is C20H23N5O2. The Labute approximate surface area is 157 Å². The number of hydrogen-bond acceptors (Lipinski definition) is 4. The fourth-order valence-electron chi connectivity index (χ4n) is 3.68. The van der Waals surface area contributed by atoms with E-state index in [1.807, 2.05) is 34.0 Å². The minimum Gasteiger partial charge on any atom is -0.341 e. The van der Waals surface area contributed by atoms with Crippen LogP contribution in [0.5, 0.6) is 0 Å². The van der Waals surface area contributed by atoms with E-state index in [9.17, 15) is 9.59 Å². The topological polar surface area (TPSA) is 73.0 Å². The second kappa shape index (κ2) is 7.73. The second-order valence-electron chi connectivity index (χ2n) is 7.08. The molecule has 7 nitrogen and oxygen atoms in total. The predicted molar refractivity (Wildman–Crippen MR) is 102 cm³/mol. The van der Waals surface area contributed by atoms with E-state index in [1.54, 1.807) is 18.3 Å². The summed E-state index contributed by atoms with van der Waals surface area (Å²) in [7, 11) is 0. The van der Waals surface area contributed by atoms with Crippen molar-refractivity contribution in [3.05, 3.63) is 59.4 Å². The number of piperidine rings is 1. The van der Waals surface area contributed by atoms with Crippen molar-refractivity contribution < 1.29 is 4.79 Å². The van der Waals surface area contributed by atoms with Crippen molar-refractivity contribution in [3.63, 3.8) is 0 Å². The molecule has 0 bridgehead atoms. The van der Waals surface area contributed by atoms with E-state index in [4.69, 9.17) is 0 Å². The zero-order valence-electron chi connectivity index (χ0n) is 15.2. The van der Waals surface area contributed by atoms with Gasteiger partial charge in [-0.2, -0.15) is 5.10 Å². The summed E-state index contributed by atoms with van der Waals surface area (Å²) in [6.07, 6.45) is 8.33. The Balaban J connectivity index is 1.33. The number of aryl methyl sites for hydroxylation is 1. The van der Waals surface area contributed by atoms with Crippen LogP contribution >= 0.6 is 0 Å². The molecule has 3 aromatic rings. The monoisotopic (exact) mass is 365 g/mol. The fourth-order valence-corrected chi connectivity index (χ4v) is 3.68. The normalized spacial score (nSPS) is 15.3. The Morgan fingerprint density at radius 2 is 1.96 bits per heavy atom. The molecular weight excluding hydrogens is 342 g/mol. The van der Waals surface area contributed by atoms with Crippen LogP contribution in [0, 0.1) is 5.92 Å². The van der Waals surface area contributed by atoms with Gasteiger partial charge in [-0.15, -0.1) is 0 Å². The van der Waals surface area contributed by atoms with Gasteiger partial charge in [-0.1, -0.05) is 12.1 Å². The van der Waals surface area contributed by atoms with Crippen molar-refractivity contribution in [1.82, 2.24) is 24.2 Å². The predicted octanol–water partition coefficient (Wildman–Crippen LogP) is 1.92. The highest BCUT2D eigenvalue weighted by Gasteiger charge is 2.23. The molecule has 0 N–H and O–H groups in total. The van der Waals surface area contributed by atoms with Gasteiger partial charge >= 0.3 is 0 Å². The van der Waals surface area contributed by atoms with Crippen LogP contribution in [0.2, 0.25) is 0 Å². The van der Waals surface area contributed by atoms with Crippen molar-refractivity contribution in [1.29, 1.82) is 0 Å². The van der Waals surface area contributed by atoms with Gasteiger partial charge in [-0.05, 0) is 43.4 Å². The number of carbonyl (C=O) groups is 1. The number of hydrogen-bond donors (Lipinski definition) is 0. The molecule has 0 atom stereocenters. The van der Waals surface area contributed by atoms with Crippen LogP contribution in [-0.4, -0.2) is 43.2 Å². The first-order valence-electron chi connectivity index (χ1n) is 9.40. The molecule has 0 unspecified atom stereocenters. The van der Waals surface area contributed by atoms with Crippen LogP contribution in [0.1, 0.15) is 19.3 Å². The van der Waals surface area contributed by atoms with Gasteiger partial charge in [0.1, 0.15) is 6.54 Å². The van der Waals surface area contributed by atoms with Crippen LogP contribution < -0.4 is 5.56 Å². The number of fused-ring (bicyclic) bond motifs is 1. The van der Waals surface area contributed by atoms with Crippen molar-refractivity contribution in [2.24, 2.45) is 5.92 Å². The lowest BCUT2D eigenvalue weighted by molar-refractivity contribution is -0.133. The first-order valence-corrected chi connectivity index (χ1v) is 9.40. The van der Waals surface area contributed by atoms with E-state index >= 15 is 0 Å². The SMILES string of the molecule is O=C(Cn1cnc2ccccc2c1=O)N1CCC(CCn2cccn2)CC1. The lowest BCUT2D eigenvalue weighted by atomic mass is 9.93. The molecule has 140 valence electrons. The Kier molecular flexibility index (Phi) is 5.00. The van der Waals surface area contributed by atoms with Gasteiger partial charge < -0.3 is 4.90 Å². The van der Waals surface area contributed by atoms with Gasteiger partial charge in [-0.25, -0.2) is 4.98 Å². The lowest BCUT2D eigenvalue weighted by Crippen LogP contribution is -2.41. The van der Waals surface area contributed by atoms with Crippen LogP contribution in [0.3, 0.4) is 0 Å². The van der Waals surface area contributed by atoms with E-state index in [0.717, 1.165) is 38.9 Å². The van der Waals surface area contributed by atoms with Crippen LogP contribution in [0.25, 0.3) is 10.9 Å². The summed E-state index contributed by atoms with van der Waals surface area (Å²) in [6, 6.07) is 9.14. The van der Waals surface area contributed by atoms with Crippen LogP contribution in [-0.2, 0) is 17.9 Å². The van der Waals surface area contributed by atoms with E-state index in [2.05, 4.69) is 10.1 Å². The summed E-state index contributed by atoms with van der Waals surface area (Å²) in [6.45, 7) is 2.47. The average Bonchev–Trinajstić information content (AvgIpc) is 3.23. The fraction of sp³-hybridized carbons (Fsp3) is 0.400. The number of likely N-dealkylation sites (tertiary alicyclic amines) is 1. The zero-order chi connectivity index (χ0) is 18.6. The van der Waals surface area contributed by atoms with Crippen molar-refractivity contribution in [2.45, 2.75) is 32.4 Å². The van der Waals surface area contributed by atoms with Crippen LogP contribution in [0.4, 0.5) is 0 Å². The third-order valence-electron chi connectivity index (χ3n) is 5.33. The molecule has 2 aromatic heterocycles. The van der Waals surface area contributed by atoms with Crippen molar-refractivity contribution in [2.75, 3.05) is 13.1 Å². The third kappa shape index (κ3) is 3.92. The maximum atomic E-state index is 12.6. The average molecular weight is 365 g/mol. The Morgan fingerprint density at radius 1 is 1.15 bits per heavy atom. The molecule has 1 saturated heterocycles. The molecule has 1 aromatic carbocycles. The highest BCUT2D eigenvalue weighted by Crippen LogP contribution is 2.21. The van der Waals surface area contributed by atoms with Crippen molar-refractivity contribution in [3.8, 4) is 0 Å². The number of aromatic nitrogens is 4. The smallest absolute Gasteiger partial charge is 0.261 e. The minimum absolute atomic E-state index is 0.0142. The molecule has 0 spiro atoms. The van der Waals surface area contributed by atoms with E-state index in [0.29, 0.717) is 16.8 Å². The van der Waals surface area contributed by atoms with Crippen molar-refractivity contribution >= 4 is 16.8 Å². The number of rotatable bonds is 5. The lowest BCUT2D eigenvalue weighted by Gasteiger charge is -2.32. The minimum atomic E-state index is -0.164. The summed E-state index contributed by atoms with van der Waals surface area (Å²) in [4.78, 5) is 31.3. The molecule has 0 aliphatic carbocycles. The standard InChI is InChI=1S/C20H23N5O2/c26-19(14-24-15-21-18-5-2-1-4-17(18)20(24)27)23-11-6-16(7-12-23)8-13-25-10-3-9-22-25/h1-5,9-10,15-16H,6-8,11-14H2. The largest absolute Gasteiger partial charge is 0.341 e. The van der Waals surface area contributed by atoms with E-state index < -0.39 is 0 Å². The molecule has 1 aliphatic heterocycles. The highest BCUT2D eigenvalue weighted by molar-refractivity contribution is 5.79. The van der Waals surface area contributed by atoms with E-state index in [1.165, 1.54) is 10.9 Å². The van der Waals surface area contributed by atoms with Gasteiger partial charge in [-0.3, -0.25) is 18.8 Å². The van der Waals surface area contributed by atoms with Gasteiger partial charge in [0.2, 0.25) is 5.91 Å². The number of benzene rings is 1. The van der Waals surface area contributed by atoms with Gasteiger partial charge in [0.25, 0.3) is 5.56 Å². The maximum absolute atomic E-state index is 12.6. The molecule has 1 amide bonds. The second-order valence-corrected chi connectivity index (χ2v) is 7.08. The summed E-state index contributed by atoms with van der Waals surface area (Å²) >= 11 is 0. The zero-order valence-corrected chi connectivity index (χ0v) is 15.2. The third-order valence-corrected chi connectivity index (χ3v) is 5.33. The highest BCUT2D eigenvalue weighted by atomic mass is 16.2. The summed E-state index contributed by atoms with van der Waals surface area (Å²) in [5.41, 5.74) is 0.493. The molecule has 7 heteroatoms. The first-order chi connectivity index (χ1) is 13.2. The first kappa shape index (κ1) is 17.5. The quantitative estimate of drug-likeness (QED) is 0.692. The summed E-state index contributed by atoms with van der Waals surface area (Å²) < 4.78 is 3.37. The van der Waals surface area contributed by atoms with Gasteiger partial charge in [0, 0.05) is 32.0 Å². The molecule has 0 saturated carbocycles. The summed E-state index contributed by atoms with van der Waals surface area (Å²) in [5.74, 6) is 0.600. The molecule has 4 rings (SSSR count). The van der Waals surface area contributed by atoms with Gasteiger partial charge in [0.15, 0.2) is 0 Å². The molecule has 1 aliphatic rings. The molecule has 1 fully saturated rings. The number of nitrogens with zero attached hydrogens (tertiary/aromatic N) is 5. The Bertz CT molecular complexity index is 971. The van der Waals surface area contributed by atoms with Crippen LogP contribution in [0.15, 0.2) is 53.8 Å². The Morgan fingerprint density at radius 3 is 2.74 bits per heavy atom. The number of amides is 1. The Hall–Kier alpha value is -2.96.